The van der Waals surface area contributed by atoms with Gasteiger partial charge < -0.3 is 18.9 Å². The van der Waals surface area contributed by atoms with E-state index in [0.29, 0.717) is 17.4 Å². The second kappa shape index (κ2) is 10.5. The van der Waals surface area contributed by atoms with Gasteiger partial charge in [-0.2, -0.15) is 0 Å². The molecule has 0 saturated heterocycles. The minimum absolute atomic E-state index is 0.251. The third-order valence-electron chi connectivity index (χ3n) is 7.19. The third-order valence-corrected chi connectivity index (χ3v) is 7.19. The van der Waals surface area contributed by atoms with Crippen LogP contribution in [0.3, 0.4) is 0 Å². The molecule has 1 aliphatic rings. The van der Waals surface area contributed by atoms with Crippen LogP contribution >= 0.6 is 0 Å². The summed E-state index contributed by atoms with van der Waals surface area (Å²) in [7, 11) is 1.27. The number of allylic oxidation sites excluding steroid dienone is 2. The molecular formula is C29H36O6. The van der Waals surface area contributed by atoms with Crippen LogP contribution in [0.1, 0.15) is 65.5 Å². The number of hydrogen-bond acceptors (Lipinski definition) is 6. The topological polar surface area (TPSA) is 71.1 Å². The molecule has 0 amide bonds. The van der Waals surface area contributed by atoms with Gasteiger partial charge in [-0.1, -0.05) is 56.7 Å². The van der Waals surface area contributed by atoms with E-state index in [0.717, 1.165) is 24.0 Å². The summed E-state index contributed by atoms with van der Waals surface area (Å²) >= 11 is 0. The van der Waals surface area contributed by atoms with Crippen molar-refractivity contribution >= 4 is 12.3 Å². The molecule has 0 bridgehead atoms. The summed E-state index contributed by atoms with van der Waals surface area (Å²) in [6, 6.07) is 14.7. The molecule has 2 aromatic carbocycles. The molecule has 2 aromatic rings. The Labute approximate surface area is 208 Å². The molecule has 6 nitrogen and oxygen atoms in total. The fourth-order valence-corrected chi connectivity index (χ4v) is 4.40. The molecule has 35 heavy (non-hydrogen) atoms. The number of methoxy groups -OCH3 is 1. The number of ether oxygens (including phenoxy) is 4. The first-order chi connectivity index (χ1) is 16.4. The molecule has 0 heterocycles. The molecule has 0 aromatic heterocycles. The number of rotatable bonds is 6. The van der Waals surface area contributed by atoms with Gasteiger partial charge in [0.15, 0.2) is 0 Å². The van der Waals surface area contributed by atoms with Crippen LogP contribution in [0.15, 0.2) is 60.2 Å². The first kappa shape index (κ1) is 26.3. The van der Waals surface area contributed by atoms with Gasteiger partial charge in [-0.25, -0.2) is 9.59 Å². The quantitative estimate of drug-likeness (QED) is 0.243. The largest absolute Gasteiger partial charge is 0.514 e. The van der Waals surface area contributed by atoms with Gasteiger partial charge in [0.05, 0.1) is 7.11 Å². The first-order valence-corrected chi connectivity index (χ1v) is 12.0. The van der Waals surface area contributed by atoms with E-state index < -0.39 is 17.9 Å². The fourth-order valence-electron chi connectivity index (χ4n) is 4.40. The maximum absolute atomic E-state index is 12.5. The molecule has 3 rings (SSSR count). The Kier molecular flexibility index (Phi) is 7.93. The van der Waals surface area contributed by atoms with E-state index in [4.69, 9.17) is 14.2 Å². The number of carbonyl (C=O) groups is 2. The molecule has 1 aliphatic carbocycles. The molecule has 2 atom stereocenters. The lowest BCUT2D eigenvalue weighted by Gasteiger charge is -2.37. The first-order valence-electron chi connectivity index (χ1n) is 12.0. The van der Waals surface area contributed by atoms with Crippen LogP contribution in [-0.2, 0) is 14.9 Å². The summed E-state index contributed by atoms with van der Waals surface area (Å²) in [5, 5.41) is 0. The molecule has 0 aliphatic heterocycles. The summed E-state index contributed by atoms with van der Waals surface area (Å²) in [6.07, 6.45) is 2.69. The van der Waals surface area contributed by atoms with Crippen LogP contribution in [-0.4, -0.2) is 25.0 Å². The SMILES string of the molecule is COC(=O)Oc1ccc(C(C)(C)c2ccc(OC(=O)OC(C)(C)C3CC=C(C)C(C)C3)cc2)cc1. The third kappa shape index (κ3) is 6.44. The van der Waals surface area contributed by atoms with Crippen molar-refractivity contribution in [2.24, 2.45) is 11.8 Å². The van der Waals surface area contributed by atoms with Crippen molar-refractivity contribution in [2.45, 2.75) is 65.4 Å². The van der Waals surface area contributed by atoms with Crippen LogP contribution in [0.4, 0.5) is 9.59 Å². The van der Waals surface area contributed by atoms with Gasteiger partial charge >= 0.3 is 12.3 Å². The molecule has 0 spiro atoms. The maximum atomic E-state index is 12.5. The molecule has 188 valence electrons. The van der Waals surface area contributed by atoms with Gasteiger partial charge in [0, 0.05) is 11.3 Å². The Bertz CT molecular complexity index is 1060. The van der Waals surface area contributed by atoms with E-state index in [2.05, 4.69) is 38.5 Å². The van der Waals surface area contributed by atoms with Crippen LogP contribution in [0.25, 0.3) is 0 Å². The zero-order valence-corrected chi connectivity index (χ0v) is 21.7. The van der Waals surface area contributed by atoms with E-state index in [1.54, 1.807) is 24.3 Å². The Balaban J connectivity index is 1.63. The summed E-state index contributed by atoms with van der Waals surface area (Å²) in [4.78, 5) is 23.8. The lowest BCUT2D eigenvalue weighted by Crippen LogP contribution is -2.39. The summed E-state index contributed by atoms with van der Waals surface area (Å²) in [5.74, 6) is 1.58. The van der Waals surface area contributed by atoms with Crippen molar-refractivity contribution in [3.63, 3.8) is 0 Å². The van der Waals surface area contributed by atoms with Crippen LogP contribution in [0, 0.1) is 11.8 Å². The van der Waals surface area contributed by atoms with Crippen molar-refractivity contribution < 1.29 is 28.5 Å². The Morgan fingerprint density at radius 3 is 1.77 bits per heavy atom. The molecule has 0 saturated carbocycles. The fraction of sp³-hybridized carbons (Fsp3) is 0.448. The Morgan fingerprint density at radius 1 is 0.829 bits per heavy atom. The molecule has 2 unspecified atom stereocenters. The number of benzene rings is 2. The molecular weight excluding hydrogens is 444 g/mol. The number of carbonyl (C=O) groups excluding carboxylic acids is 2. The normalized spacial score (nSPS) is 18.3. The smallest absolute Gasteiger partial charge is 0.437 e. The summed E-state index contributed by atoms with van der Waals surface area (Å²) in [6.45, 7) is 12.5. The highest BCUT2D eigenvalue weighted by Crippen LogP contribution is 2.38. The highest BCUT2D eigenvalue weighted by Gasteiger charge is 2.36. The van der Waals surface area contributed by atoms with Crippen molar-refractivity contribution in [1.82, 2.24) is 0 Å². The van der Waals surface area contributed by atoms with E-state index in [-0.39, 0.29) is 11.3 Å². The lowest BCUT2D eigenvalue weighted by molar-refractivity contribution is -0.0343. The van der Waals surface area contributed by atoms with Gasteiger partial charge in [0.2, 0.25) is 0 Å². The molecule has 0 N–H and O–H groups in total. The summed E-state index contributed by atoms with van der Waals surface area (Å²) < 4.78 is 20.8. The van der Waals surface area contributed by atoms with Crippen LogP contribution in [0.2, 0.25) is 0 Å². The van der Waals surface area contributed by atoms with Crippen LogP contribution in [0.5, 0.6) is 11.5 Å². The van der Waals surface area contributed by atoms with Crippen LogP contribution < -0.4 is 9.47 Å². The minimum atomic E-state index is -0.755. The van der Waals surface area contributed by atoms with E-state index in [9.17, 15) is 9.59 Å². The van der Waals surface area contributed by atoms with E-state index in [1.807, 2.05) is 38.1 Å². The van der Waals surface area contributed by atoms with Gasteiger partial charge in [-0.3, -0.25) is 0 Å². The van der Waals surface area contributed by atoms with E-state index >= 15 is 0 Å². The minimum Gasteiger partial charge on any atom is -0.437 e. The standard InChI is InChI=1S/C29H36O6/c1-19-8-9-23(18-20(19)2)29(5,6)35-27(31)34-25-16-12-22(13-17-25)28(3,4)21-10-14-24(15-11-21)33-26(30)32-7/h8,10-17,20,23H,9,18H2,1-7H3. The Hall–Kier alpha value is -3.28. The predicted molar refractivity (Wildman–Crippen MR) is 135 cm³/mol. The predicted octanol–water partition coefficient (Wildman–Crippen LogP) is 7.44. The maximum Gasteiger partial charge on any atom is 0.514 e. The van der Waals surface area contributed by atoms with Gasteiger partial charge in [0.1, 0.15) is 17.1 Å². The highest BCUT2D eigenvalue weighted by atomic mass is 16.7. The number of hydrogen-bond donors (Lipinski definition) is 0. The zero-order chi connectivity index (χ0) is 25.8. The van der Waals surface area contributed by atoms with Gasteiger partial charge in [-0.15, -0.1) is 0 Å². The average molecular weight is 481 g/mol. The van der Waals surface area contributed by atoms with E-state index in [1.165, 1.54) is 12.7 Å². The summed E-state index contributed by atoms with van der Waals surface area (Å²) in [5.41, 5.74) is 2.53. The van der Waals surface area contributed by atoms with Crippen molar-refractivity contribution in [1.29, 1.82) is 0 Å². The van der Waals surface area contributed by atoms with Crippen molar-refractivity contribution in [2.75, 3.05) is 7.11 Å². The monoisotopic (exact) mass is 480 g/mol. The lowest BCUT2D eigenvalue weighted by atomic mass is 9.75. The Morgan fingerprint density at radius 2 is 1.31 bits per heavy atom. The van der Waals surface area contributed by atoms with Crippen molar-refractivity contribution in [3.05, 3.63) is 71.3 Å². The molecule has 0 radical (unpaired) electrons. The van der Waals surface area contributed by atoms with Crippen molar-refractivity contribution in [3.8, 4) is 11.5 Å². The highest BCUT2D eigenvalue weighted by molar-refractivity contribution is 5.65. The second-order valence-corrected chi connectivity index (χ2v) is 10.3. The zero-order valence-electron chi connectivity index (χ0n) is 21.7. The second-order valence-electron chi connectivity index (χ2n) is 10.3. The molecule has 0 fully saturated rings. The van der Waals surface area contributed by atoms with Gasteiger partial charge in [-0.05, 0) is 74.9 Å². The van der Waals surface area contributed by atoms with Gasteiger partial charge in [0.25, 0.3) is 0 Å². The molecule has 6 heteroatoms. The average Bonchev–Trinajstić information content (AvgIpc) is 2.81.